The van der Waals surface area contributed by atoms with Crippen LogP contribution in [0, 0.1) is 0 Å². The Morgan fingerprint density at radius 2 is 2.18 bits per heavy atom. The zero-order valence-corrected chi connectivity index (χ0v) is 10.9. The van der Waals surface area contributed by atoms with Crippen molar-refractivity contribution in [2.45, 2.75) is 6.54 Å². The fourth-order valence-corrected chi connectivity index (χ4v) is 2.73. The summed E-state index contributed by atoms with van der Waals surface area (Å²) in [7, 11) is 0. The predicted octanol–water partition coefficient (Wildman–Crippen LogP) is 1.81. The summed E-state index contributed by atoms with van der Waals surface area (Å²) in [5.74, 6) is -1.15. The maximum Gasteiger partial charge on any atom is 0.356 e. The lowest BCUT2D eigenvalue weighted by atomic mass is 10.4. The Hall–Kier alpha value is -1.47. The third-order valence-corrected chi connectivity index (χ3v) is 3.63. The van der Waals surface area contributed by atoms with E-state index >= 15 is 0 Å². The van der Waals surface area contributed by atoms with Crippen LogP contribution >= 0.6 is 27.3 Å². The van der Waals surface area contributed by atoms with Crippen molar-refractivity contribution in [1.29, 1.82) is 0 Å². The number of carbonyl (C=O) groups is 1. The highest BCUT2D eigenvalue weighted by atomic mass is 79.9. The molecule has 0 aliphatic heterocycles. The van der Waals surface area contributed by atoms with Crippen LogP contribution in [0.4, 0.5) is 0 Å². The molecule has 2 aromatic rings. The highest BCUT2D eigenvalue weighted by molar-refractivity contribution is 9.11. The molecule has 0 fully saturated rings. The molecule has 0 aliphatic carbocycles. The van der Waals surface area contributed by atoms with Gasteiger partial charge in [0.1, 0.15) is 0 Å². The smallest absolute Gasteiger partial charge is 0.356 e. The molecule has 0 amide bonds. The van der Waals surface area contributed by atoms with Crippen molar-refractivity contribution in [3.05, 3.63) is 49.0 Å². The number of nitrogens with zero attached hydrogens (tertiary/aromatic N) is 2. The van der Waals surface area contributed by atoms with Crippen LogP contribution in [-0.4, -0.2) is 20.9 Å². The third-order valence-electron chi connectivity index (χ3n) is 2.02. The number of thiophene rings is 1. The number of aromatic carboxylic acids is 1. The molecule has 88 valence electrons. The van der Waals surface area contributed by atoms with Crippen LogP contribution in [0.3, 0.4) is 0 Å². The number of halogens is 1. The standard InChI is InChI=1S/C10H7BrN2O3S/c11-8-3-1-6(17-8)5-13-9(14)4-2-7(12-13)10(15)16/h1-4H,5H2,(H,15,16). The van der Waals surface area contributed by atoms with Crippen molar-refractivity contribution in [1.82, 2.24) is 9.78 Å². The summed E-state index contributed by atoms with van der Waals surface area (Å²) in [6.07, 6.45) is 0. The average Bonchev–Trinajstić information content (AvgIpc) is 2.67. The summed E-state index contributed by atoms with van der Waals surface area (Å²) in [6.45, 7) is 0.274. The van der Waals surface area contributed by atoms with Gasteiger partial charge in [-0.05, 0) is 34.1 Å². The fraction of sp³-hybridized carbons (Fsp3) is 0.100. The van der Waals surface area contributed by atoms with Crippen LogP contribution in [0.25, 0.3) is 0 Å². The van der Waals surface area contributed by atoms with Gasteiger partial charge >= 0.3 is 5.97 Å². The first-order valence-corrected chi connectivity index (χ1v) is 6.23. The molecule has 17 heavy (non-hydrogen) atoms. The molecule has 2 rings (SSSR count). The first kappa shape index (κ1) is 12.0. The van der Waals surface area contributed by atoms with Gasteiger partial charge in [-0.2, -0.15) is 5.10 Å². The lowest BCUT2D eigenvalue weighted by molar-refractivity contribution is 0.0687. The summed E-state index contributed by atoms with van der Waals surface area (Å²) < 4.78 is 2.09. The minimum Gasteiger partial charge on any atom is -0.476 e. The molecule has 5 nitrogen and oxygen atoms in total. The van der Waals surface area contributed by atoms with Gasteiger partial charge in [-0.15, -0.1) is 11.3 Å². The number of hydrogen-bond acceptors (Lipinski definition) is 4. The second-order valence-electron chi connectivity index (χ2n) is 3.23. The summed E-state index contributed by atoms with van der Waals surface area (Å²) in [5, 5.41) is 12.6. The van der Waals surface area contributed by atoms with Crippen molar-refractivity contribution in [2.24, 2.45) is 0 Å². The number of hydrogen-bond donors (Lipinski definition) is 1. The SMILES string of the molecule is O=C(O)c1ccc(=O)n(Cc2ccc(Br)s2)n1. The molecule has 0 radical (unpaired) electrons. The Bertz CT molecular complexity index is 620. The molecule has 0 atom stereocenters. The molecule has 0 bridgehead atoms. The van der Waals surface area contributed by atoms with Gasteiger partial charge in [0.15, 0.2) is 5.69 Å². The van der Waals surface area contributed by atoms with E-state index in [1.807, 2.05) is 12.1 Å². The molecule has 2 heterocycles. The Morgan fingerprint density at radius 3 is 2.76 bits per heavy atom. The van der Waals surface area contributed by atoms with E-state index < -0.39 is 5.97 Å². The molecule has 0 aliphatic rings. The molecular formula is C10H7BrN2O3S. The minimum absolute atomic E-state index is 0.139. The zero-order chi connectivity index (χ0) is 12.4. The van der Waals surface area contributed by atoms with E-state index in [-0.39, 0.29) is 17.8 Å². The maximum atomic E-state index is 11.5. The predicted molar refractivity (Wildman–Crippen MR) is 66.6 cm³/mol. The summed E-state index contributed by atoms with van der Waals surface area (Å²) in [4.78, 5) is 23.2. The van der Waals surface area contributed by atoms with Gasteiger partial charge in [0.05, 0.1) is 10.3 Å². The van der Waals surface area contributed by atoms with Crippen LogP contribution in [0.2, 0.25) is 0 Å². The van der Waals surface area contributed by atoms with Crippen LogP contribution in [-0.2, 0) is 6.54 Å². The van der Waals surface area contributed by atoms with Gasteiger partial charge in [-0.3, -0.25) is 4.79 Å². The quantitative estimate of drug-likeness (QED) is 0.938. The minimum atomic E-state index is -1.15. The van der Waals surface area contributed by atoms with Crippen molar-refractivity contribution < 1.29 is 9.90 Å². The molecular weight excluding hydrogens is 308 g/mol. The fourth-order valence-electron chi connectivity index (χ4n) is 1.26. The van der Waals surface area contributed by atoms with Gasteiger partial charge in [-0.1, -0.05) is 0 Å². The second kappa shape index (κ2) is 4.80. The maximum absolute atomic E-state index is 11.5. The first-order valence-electron chi connectivity index (χ1n) is 4.62. The van der Waals surface area contributed by atoms with E-state index in [1.165, 1.54) is 23.5 Å². The normalized spacial score (nSPS) is 10.4. The van der Waals surface area contributed by atoms with E-state index in [0.29, 0.717) is 0 Å². The Balaban J connectivity index is 2.35. The first-order chi connectivity index (χ1) is 8.06. The van der Waals surface area contributed by atoms with Crippen LogP contribution < -0.4 is 5.56 Å². The summed E-state index contributed by atoms with van der Waals surface area (Å²) in [5.41, 5.74) is -0.459. The van der Waals surface area contributed by atoms with E-state index in [1.54, 1.807) is 0 Å². The molecule has 2 aromatic heterocycles. The largest absolute Gasteiger partial charge is 0.476 e. The van der Waals surface area contributed by atoms with Crippen LogP contribution in [0.1, 0.15) is 15.4 Å². The van der Waals surface area contributed by atoms with Crippen LogP contribution in [0.5, 0.6) is 0 Å². The van der Waals surface area contributed by atoms with Gasteiger partial charge < -0.3 is 5.11 Å². The highest BCUT2D eigenvalue weighted by Gasteiger charge is 2.08. The van der Waals surface area contributed by atoms with Gasteiger partial charge in [0.2, 0.25) is 0 Å². The molecule has 0 saturated carbocycles. The molecule has 1 N–H and O–H groups in total. The van der Waals surface area contributed by atoms with E-state index in [0.717, 1.165) is 13.3 Å². The monoisotopic (exact) mass is 314 g/mol. The van der Waals surface area contributed by atoms with Crippen molar-refractivity contribution in [2.75, 3.05) is 0 Å². The third kappa shape index (κ3) is 2.80. The zero-order valence-electron chi connectivity index (χ0n) is 8.46. The lowest BCUT2D eigenvalue weighted by Gasteiger charge is -2.02. The number of aromatic nitrogens is 2. The van der Waals surface area contributed by atoms with E-state index in [2.05, 4.69) is 21.0 Å². The molecule has 0 unspecified atom stereocenters. The summed E-state index contributed by atoms with van der Waals surface area (Å²) in [6, 6.07) is 6.13. The summed E-state index contributed by atoms with van der Waals surface area (Å²) >= 11 is 4.79. The number of rotatable bonds is 3. The molecule has 0 spiro atoms. The Kier molecular flexibility index (Phi) is 3.39. The molecule has 0 aromatic carbocycles. The van der Waals surface area contributed by atoms with Crippen molar-refractivity contribution >= 4 is 33.2 Å². The lowest BCUT2D eigenvalue weighted by Crippen LogP contribution is -2.24. The average molecular weight is 315 g/mol. The second-order valence-corrected chi connectivity index (χ2v) is 5.77. The molecule has 0 saturated heterocycles. The van der Waals surface area contributed by atoms with Crippen molar-refractivity contribution in [3.8, 4) is 0 Å². The topological polar surface area (TPSA) is 72.2 Å². The van der Waals surface area contributed by atoms with Gasteiger partial charge in [-0.25, -0.2) is 9.48 Å². The highest BCUT2D eigenvalue weighted by Crippen LogP contribution is 2.22. The van der Waals surface area contributed by atoms with E-state index in [4.69, 9.17) is 5.11 Å². The van der Waals surface area contributed by atoms with Crippen LogP contribution in [0.15, 0.2) is 32.8 Å². The van der Waals surface area contributed by atoms with Gasteiger partial charge in [0, 0.05) is 10.9 Å². The Labute approximate surface area is 108 Å². The van der Waals surface area contributed by atoms with E-state index in [9.17, 15) is 9.59 Å². The number of carboxylic acids is 1. The van der Waals surface area contributed by atoms with Crippen molar-refractivity contribution in [3.63, 3.8) is 0 Å². The molecule has 7 heteroatoms. The number of carboxylic acid groups (broad SMARTS) is 1. The Morgan fingerprint density at radius 1 is 1.41 bits per heavy atom. The van der Waals surface area contributed by atoms with Gasteiger partial charge in [0.25, 0.3) is 5.56 Å².